The molecule has 0 atom stereocenters. The third-order valence-corrected chi connectivity index (χ3v) is 3.64. The van der Waals surface area contributed by atoms with Gasteiger partial charge in [-0.15, -0.1) is 17.8 Å². The summed E-state index contributed by atoms with van der Waals surface area (Å²) in [6.07, 6.45) is 6.16. The zero-order valence-corrected chi connectivity index (χ0v) is 9.10. The number of nitrogen functional groups attached to an aromatic ring is 1. The first-order valence-electron chi connectivity index (χ1n) is 4.72. The smallest absolute Gasteiger partial charge is 0.104 e. The molecule has 1 aliphatic heterocycles. The van der Waals surface area contributed by atoms with Crippen molar-refractivity contribution in [1.82, 2.24) is 4.90 Å². The van der Waals surface area contributed by atoms with Crippen molar-refractivity contribution in [2.45, 2.75) is 13.0 Å². The fraction of sp³-hybridized carbons (Fsp3) is 0.364. The lowest BCUT2D eigenvalue weighted by Gasteiger charge is -2.24. The van der Waals surface area contributed by atoms with E-state index >= 15 is 0 Å². The summed E-state index contributed by atoms with van der Waals surface area (Å²) >= 11 is 1.52. The molecule has 0 saturated heterocycles. The number of hydrogen-bond acceptors (Lipinski definition) is 4. The molecule has 3 nitrogen and oxygen atoms in total. The Kier molecular flexibility index (Phi) is 2.64. The van der Waals surface area contributed by atoms with E-state index in [-0.39, 0.29) is 0 Å². The van der Waals surface area contributed by atoms with E-state index in [1.807, 2.05) is 0 Å². The summed E-state index contributed by atoms with van der Waals surface area (Å²) < 4.78 is 0. The van der Waals surface area contributed by atoms with Crippen molar-refractivity contribution in [3.8, 4) is 18.4 Å². The van der Waals surface area contributed by atoms with Crippen LogP contribution in [0.1, 0.15) is 16.0 Å². The van der Waals surface area contributed by atoms with Gasteiger partial charge in [-0.05, 0) is 12.0 Å². The third-order valence-electron chi connectivity index (χ3n) is 2.59. The number of fused-ring (bicyclic) bond motifs is 1. The summed E-state index contributed by atoms with van der Waals surface area (Å²) in [7, 11) is 0. The van der Waals surface area contributed by atoms with E-state index < -0.39 is 0 Å². The second-order valence-corrected chi connectivity index (χ2v) is 4.66. The molecule has 2 heterocycles. The molecule has 0 amide bonds. The van der Waals surface area contributed by atoms with E-state index in [1.165, 1.54) is 16.2 Å². The molecular weight excluding hydrogens is 206 g/mol. The van der Waals surface area contributed by atoms with Gasteiger partial charge in [-0.3, -0.25) is 4.90 Å². The van der Waals surface area contributed by atoms with Crippen molar-refractivity contribution < 1.29 is 0 Å². The van der Waals surface area contributed by atoms with Gasteiger partial charge in [-0.2, -0.15) is 5.26 Å². The maximum atomic E-state index is 8.96. The van der Waals surface area contributed by atoms with Crippen LogP contribution in [0.25, 0.3) is 0 Å². The highest BCUT2D eigenvalue weighted by molar-refractivity contribution is 7.16. The van der Waals surface area contributed by atoms with E-state index in [4.69, 9.17) is 17.4 Å². The molecule has 1 aromatic heterocycles. The lowest BCUT2D eigenvalue weighted by molar-refractivity contribution is 0.290. The van der Waals surface area contributed by atoms with Crippen molar-refractivity contribution in [2.24, 2.45) is 0 Å². The number of nitrogens with zero attached hydrogens (tertiary/aromatic N) is 2. The molecule has 2 N–H and O–H groups in total. The molecular formula is C11H11N3S. The Morgan fingerprint density at radius 1 is 1.60 bits per heavy atom. The number of hydrogen-bond donors (Lipinski definition) is 1. The van der Waals surface area contributed by atoms with E-state index in [0.29, 0.717) is 17.1 Å². The lowest BCUT2D eigenvalue weighted by Crippen LogP contribution is -2.30. The van der Waals surface area contributed by atoms with Crippen molar-refractivity contribution in [2.75, 3.05) is 18.8 Å². The molecule has 0 spiro atoms. The molecule has 0 aliphatic carbocycles. The molecule has 76 valence electrons. The van der Waals surface area contributed by atoms with Crippen LogP contribution in [0.3, 0.4) is 0 Å². The zero-order chi connectivity index (χ0) is 10.8. The van der Waals surface area contributed by atoms with Crippen LogP contribution >= 0.6 is 11.3 Å². The Labute approximate surface area is 93.1 Å². The summed E-state index contributed by atoms with van der Waals surface area (Å²) in [4.78, 5) is 3.39. The van der Waals surface area contributed by atoms with E-state index in [2.05, 4.69) is 16.9 Å². The number of thiophene rings is 1. The Hall–Kier alpha value is -1.49. The highest BCUT2D eigenvalue weighted by atomic mass is 32.1. The molecule has 0 unspecified atom stereocenters. The van der Waals surface area contributed by atoms with E-state index in [0.717, 1.165) is 25.1 Å². The minimum atomic E-state index is 0.644. The summed E-state index contributed by atoms with van der Waals surface area (Å²) in [6.45, 7) is 2.41. The molecule has 4 heteroatoms. The maximum Gasteiger partial charge on any atom is 0.104 e. The molecule has 0 bridgehead atoms. The van der Waals surface area contributed by atoms with Crippen molar-refractivity contribution in [1.29, 1.82) is 5.26 Å². The minimum absolute atomic E-state index is 0.644. The first kappa shape index (κ1) is 10.0. The van der Waals surface area contributed by atoms with Crippen molar-refractivity contribution in [3.63, 3.8) is 0 Å². The molecule has 0 aromatic carbocycles. The fourth-order valence-corrected chi connectivity index (χ4v) is 2.98. The van der Waals surface area contributed by atoms with Crippen LogP contribution in [-0.2, 0) is 13.0 Å². The average molecular weight is 217 g/mol. The van der Waals surface area contributed by atoms with Crippen LogP contribution < -0.4 is 5.73 Å². The molecule has 0 saturated carbocycles. The molecule has 2 rings (SSSR count). The summed E-state index contributed by atoms with van der Waals surface area (Å²) in [5, 5.41) is 9.61. The number of anilines is 1. The first-order valence-corrected chi connectivity index (χ1v) is 5.54. The largest absolute Gasteiger partial charge is 0.389 e. The highest BCUT2D eigenvalue weighted by Gasteiger charge is 2.22. The van der Waals surface area contributed by atoms with Gasteiger partial charge in [-0.25, -0.2) is 0 Å². The standard InChI is InChI=1S/C11H11N3S/c1-2-4-14-5-3-8-9(6-12)11(13)15-10(8)7-14/h1H,3-5,7,13H2. The number of nitriles is 1. The molecule has 15 heavy (non-hydrogen) atoms. The lowest BCUT2D eigenvalue weighted by atomic mass is 10.0. The second kappa shape index (κ2) is 3.94. The van der Waals surface area contributed by atoms with Crippen LogP contribution in [0.15, 0.2) is 0 Å². The normalized spacial score (nSPS) is 15.3. The SMILES string of the molecule is C#CCN1CCc2c(sc(N)c2C#N)C1. The predicted octanol–water partition coefficient (Wildman–Crippen LogP) is 1.19. The first-order chi connectivity index (χ1) is 7.26. The Bertz CT molecular complexity index is 461. The van der Waals surface area contributed by atoms with Crippen LogP contribution in [0, 0.1) is 23.7 Å². The van der Waals surface area contributed by atoms with Crippen LogP contribution in [0.2, 0.25) is 0 Å². The second-order valence-electron chi connectivity index (χ2n) is 3.52. The molecule has 0 fully saturated rings. The van der Waals surface area contributed by atoms with Gasteiger partial charge in [0.1, 0.15) is 11.1 Å². The quantitative estimate of drug-likeness (QED) is 0.719. The Balaban J connectivity index is 2.30. The zero-order valence-electron chi connectivity index (χ0n) is 8.29. The summed E-state index contributed by atoms with van der Waals surface area (Å²) in [5.74, 6) is 2.64. The van der Waals surface area contributed by atoms with E-state index in [9.17, 15) is 0 Å². The predicted molar refractivity (Wildman–Crippen MR) is 61.3 cm³/mol. The van der Waals surface area contributed by atoms with Gasteiger partial charge in [0.05, 0.1) is 12.1 Å². The topological polar surface area (TPSA) is 53.0 Å². The van der Waals surface area contributed by atoms with Crippen LogP contribution in [0.4, 0.5) is 5.00 Å². The average Bonchev–Trinajstić information content (AvgIpc) is 2.53. The number of terminal acetylenes is 1. The minimum Gasteiger partial charge on any atom is -0.389 e. The summed E-state index contributed by atoms with van der Waals surface area (Å²) in [6, 6.07) is 2.18. The van der Waals surface area contributed by atoms with Crippen LogP contribution in [-0.4, -0.2) is 18.0 Å². The van der Waals surface area contributed by atoms with Crippen molar-refractivity contribution in [3.05, 3.63) is 16.0 Å². The number of rotatable bonds is 1. The highest BCUT2D eigenvalue weighted by Crippen LogP contribution is 2.34. The van der Waals surface area contributed by atoms with Gasteiger partial charge in [-0.1, -0.05) is 5.92 Å². The fourth-order valence-electron chi connectivity index (χ4n) is 1.86. The van der Waals surface area contributed by atoms with Gasteiger partial charge >= 0.3 is 0 Å². The maximum absolute atomic E-state index is 8.96. The van der Waals surface area contributed by atoms with Crippen molar-refractivity contribution >= 4 is 16.3 Å². The third kappa shape index (κ3) is 1.70. The number of nitrogens with two attached hydrogens (primary N) is 1. The van der Waals surface area contributed by atoms with Gasteiger partial charge in [0.15, 0.2) is 0 Å². The van der Waals surface area contributed by atoms with Gasteiger partial charge < -0.3 is 5.73 Å². The van der Waals surface area contributed by atoms with Crippen LogP contribution in [0.5, 0.6) is 0 Å². The summed E-state index contributed by atoms with van der Waals surface area (Å²) in [5.41, 5.74) is 7.60. The monoisotopic (exact) mass is 217 g/mol. The van der Waals surface area contributed by atoms with Gasteiger partial charge in [0.2, 0.25) is 0 Å². The Morgan fingerprint density at radius 3 is 3.07 bits per heavy atom. The molecule has 0 radical (unpaired) electrons. The van der Waals surface area contributed by atoms with Gasteiger partial charge in [0.25, 0.3) is 0 Å². The van der Waals surface area contributed by atoms with E-state index in [1.54, 1.807) is 0 Å². The molecule has 1 aliphatic rings. The van der Waals surface area contributed by atoms with Gasteiger partial charge in [0, 0.05) is 18.0 Å². The Morgan fingerprint density at radius 2 is 2.40 bits per heavy atom. The molecule has 1 aromatic rings.